The minimum atomic E-state index is 0.620. The van der Waals surface area contributed by atoms with Crippen LogP contribution in [0.3, 0.4) is 0 Å². The lowest BCUT2D eigenvalue weighted by atomic mass is 10.2. The molecule has 0 saturated carbocycles. The van der Waals surface area contributed by atoms with Crippen molar-refractivity contribution >= 4 is 29.0 Å². The van der Waals surface area contributed by atoms with Gasteiger partial charge in [-0.1, -0.05) is 29.3 Å². The summed E-state index contributed by atoms with van der Waals surface area (Å²) in [4.78, 5) is 8.83. The standard InChI is InChI=1S/C17H16Cl2N4/c18-15-4-1-5-16(19)14(15)12-22-7-9-23(10-8-22)17-13(11-20)3-2-6-21-17/h1-6H,7-10,12H2. The molecule has 3 rings (SSSR count). The van der Waals surface area contributed by atoms with Gasteiger partial charge in [0.2, 0.25) is 0 Å². The number of anilines is 1. The molecule has 0 atom stereocenters. The van der Waals surface area contributed by atoms with Gasteiger partial charge in [-0.15, -0.1) is 0 Å². The van der Waals surface area contributed by atoms with E-state index in [9.17, 15) is 5.26 Å². The summed E-state index contributed by atoms with van der Waals surface area (Å²) in [5.41, 5.74) is 1.59. The van der Waals surface area contributed by atoms with Crippen LogP contribution in [0, 0.1) is 11.3 Å². The monoisotopic (exact) mass is 346 g/mol. The fourth-order valence-electron chi connectivity index (χ4n) is 2.76. The predicted molar refractivity (Wildman–Crippen MR) is 92.9 cm³/mol. The summed E-state index contributed by atoms with van der Waals surface area (Å²) in [5.74, 6) is 0.769. The van der Waals surface area contributed by atoms with Crippen LogP contribution in [0.4, 0.5) is 5.82 Å². The number of nitrogens with zero attached hydrogens (tertiary/aromatic N) is 4. The number of hydrogen-bond donors (Lipinski definition) is 0. The Morgan fingerprint density at radius 2 is 1.74 bits per heavy atom. The summed E-state index contributed by atoms with van der Waals surface area (Å²) in [5, 5.41) is 10.6. The molecule has 0 spiro atoms. The number of halogens is 2. The quantitative estimate of drug-likeness (QED) is 0.851. The van der Waals surface area contributed by atoms with E-state index in [0.29, 0.717) is 15.6 Å². The van der Waals surface area contributed by atoms with Crippen molar-refractivity contribution in [2.75, 3.05) is 31.1 Å². The van der Waals surface area contributed by atoms with Gasteiger partial charge in [-0.25, -0.2) is 4.98 Å². The highest BCUT2D eigenvalue weighted by molar-refractivity contribution is 6.35. The van der Waals surface area contributed by atoms with Gasteiger partial charge in [0.1, 0.15) is 11.9 Å². The van der Waals surface area contributed by atoms with E-state index >= 15 is 0 Å². The zero-order valence-electron chi connectivity index (χ0n) is 12.5. The number of benzene rings is 1. The average Bonchev–Trinajstić information content (AvgIpc) is 2.59. The maximum absolute atomic E-state index is 9.20. The van der Waals surface area contributed by atoms with Crippen LogP contribution in [-0.2, 0) is 6.54 Å². The second-order valence-electron chi connectivity index (χ2n) is 5.45. The summed E-state index contributed by atoms with van der Waals surface area (Å²) in [6, 6.07) is 11.4. The van der Waals surface area contributed by atoms with E-state index in [1.165, 1.54) is 0 Å². The molecule has 2 aromatic rings. The predicted octanol–water partition coefficient (Wildman–Crippen LogP) is 3.58. The molecule has 0 bridgehead atoms. The third-order valence-electron chi connectivity index (χ3n) is 4.02. The van der Waals surface area contributed by atoms with Crippen LogP contribution in [0.15, 0.2) is 36.5 Å². The van der Waals surface area contributed by atoms with Gasteiger partial charge in [0.25, 0.3) is 0 Å². The zero-order chi connectivity index (χ0) is 16.2. The Hall–Kier alpha value is -1.80. The molecular formula is C17H16Cl2N4. The van der Waals surface area contributed by atoms with E-state index in [1.807, 2.05) is 18.2 Å². The molecule has 0 N–H and O–H groups in total. The van der Waals surface area contributed by atoms with Gasteiger partial charge in [0.05, 0.1) is 5.56 Å². The molecule has 1 aromatic heterocycles. The normalized spacial score (nSPS) is 15.4. The Kier molecular flexibility index (Phi) is 5.02. The van der Waals surface area contributed by atoms with Crippen LogP contribution in [0.25, 0.3) is 0 Å². The molecule has 1 saturated heterocycles. The SMILES string of the molecule is N#Cc1cccnc1N1CCN(Cc2c(Cl)cccc2Cl)CC1. The van der Waals surface area contributed by atoms with Crippen molar-refractivity contribution < 1.29 is 0 Å². The second-order valence-corrected chi connectivity index (χ2v) is 6.26. The molecule has 1 fully saturated rings. The molecule has 1 aromatic carbocycles. The van der Waals surface area contributed by atoms with E-state index in [0.717, 1.165) is 44.1 Å². The van der Waals surface area contributed by atoms with Crippen molar-refractivity contribution in [1.82, 2.24) is 9.88 Å². The van der Waals surface area contributed by atoms with Crippen LogP contribution in [0.5, 0.6) is 0 Å². The maximum atomic E-state index is 9.20. The van der Waals surface area contributed by atoms with Crippen molar-refractivity contribution in [2.45, 2.75) is 6.54 Å². The highest BCUT2D eigenvalue weighted by atomic mass is 35.5. The van der Waals surface area contributed by atoms with Crippen LogP contribution in [-0.4, -0.2) is 36.1 Å². The van der Waals surface area contributed by atoms with Crippen molar-refractivity contribution in [3.05, 3.63) is 57.7 Å². The van der Waals surface area contributed by atoms with Gasteiger partial charge in [-0.3, -0.25) is 4.90 Å². The Bertz CT molecular complexity index is 713. The lowest BCUT2D eigenvalue weighted by molar-refractivity contribution is 0.249. The molecule has 0 unspecified atom stereocenters. The number of pyridine rings is 1. The lowest BCUT2D eigenvalue weighted by Crippen LogP contribution is -2.46. The summed E-state index contributed by atoms with van der Waals surface area (Å²) < 4.78 is 0. The number of hydrogen-bond acceptors (Lipinski definition) is 4. The van der Waals surface area contributed by atoms with Crippen LogP contribution in [0.1, 0.15) is 11.1 Å². The number of rotatable bonds is 3. The summed E-state index contributed by atoms with van der Waals surface area (Å²) >= 11 is 12.5. The van der Waals surface area contributed by atoms with Crippen molar-refractivity contribution in [2.24, 2.45) is 0 Å². The lowest BCUT2D eigenvalue weighted by Gasteiger charge is -2.35. The molecule has 1 aliphatic heterocycles. The third-order valence-corrected chi connectivity index (χ3v) is 4.73. The van der Waals surface area contributed by atoms with Crippen LogP contribution < -0.4 is 4.90 Å². The highest BCUT2D eigenvalue weighted by Crippen LogP contribution is 2.26. The van der Waals surface area contributed by atoms with E-state index in [1.54, 1.807) is 18.3 Å². The Labute approximate surface area is 145 Å². The highest BCUT2D eigenvalue weighted by Gasteiger charge is 2.21. The number of nitriles is 1. The van der Waals surface area contributed by atoms with Gasteiger partial charge >= 0.3 is 0 Å². The van der Waals surface area contributed by atoms with Gasteiger partial charge in [0, 0.05) is 54.5 Å². The van der Waals surface area contributed by atoms with Gasteiger partial charge < -0.3 is 4.90 Å². The average molecular weight is 347 g/mol. The fourth-order valence-corrected chi connectivity index (χ4v) is 3.28. The third kappa shape index (κ3) is 3.59. The molecule has 0 aliphatic carbocycles. The topological polar surface area (TPSA) is 43.2 Å². The van der Waals surface area contributed by atoms with E-state index in [4.69, 9.17) is 23.2 Å². The molecule has 1 aliphatic rings. The minimum Gasteiger partial charge on any atom is -0.353 e. The minimum absolute atomic E-state index is 0.620. The largest absolute Gasteiger partial charge is 0.353 e. The first-order chi connectivity index (χ1) is 11.2. The van der Waals surface area contributed by atoms with Gasteiger partial charge in [-0.2, -0.15) is 5.26 Å². The van der Waals surface area contributed by atoms with E-state index in [-0.39, 0.29) is 0 Å². The van der Waals surface area contributed by atoms with Crippen molar-refractivity contribution in [3.8, 4) is 6.07 Å². The fraction of sp³-hybridized carbons (Fsp3) is 0.294. The second kappa shape index (κ2) is 7.18. The summed E-state index contributed by atoms with van der Waals surface area (Å²) in [6.45, 7) is 4.15. The first kappa shape index (κ1) is 16.1. The van der Waals surface area contributed by atoms with Crippen molar-refractivity contribution in [3.63, 3.8) is 0 Å². The first-order valence-corrected chi connectivity index (χ1v) is 8.20. The van der Waals surface area contributed by atoms with E-state index in [2.05, 4.69) is 20.9 Å². The summed E-state index contributed by atoms with van der Waals surface area (Å²) in [7, 11) is 0. The molecule has 0 amide bonds. The molecule has 2 heterocycles. The maximum Gasteiger partial charge on any atom is 0.146 e. The van der Waals surface area contributed by atoms with Crippen LogP contribution >= 0.6 is 23.2 Å². The van der Waals surface area contributed by atoms with Gasteiger partial charge in [-0.05, 0) is 24.3 Å². The molecule has 0 radical (unpaired) electrons. The Balaban J connectivity index is 1.66. The number of piperazine rings is 1. The van der Waals surface area contributed by atoms with Gasteiger partial charge in [0.15, 0.2) is 0 Å². The molecule has 6 heteroatoms. The molecule has 23 heavy (non-hydrogen) atoms. The smallest absolute Gasteiger partial charge is 0.146 e. The number of aromatic nitrogens is 1. The van der Waals surface area contributed by atoms with Crippen molar-refractivity contribution in [1.29, 1.82) is 5.26 Å². The Morgan fingerprint density at radius 1 is 1.04 bits per heavy atom. The summed E-state index contributed by atoms with van der Waals surface area (Å²) in [6.07, 6.45) is 1.73. The molecule has 118 valence electrons. The zero-order valence-corrected chi connectivity index (χ0v) is 14.1. The van der Waals surface area contributed by atoms with Crippen LogP contribution in [0.2, 0.25) is 10.0 Å². The first-order valence-electron chi connectivity index (χ1n) is 7.44. The van der Waals surface area contributed by atoms with E-state index < -0.39 is 0 Å². The molecule has 4 nitrogen and oxygen atoms in total. The molecular weight excluding hydrogens is 331 g/mol. The Morgan fingerprint density at radius 3 is 2.39 bits per heavy atom.